The third kappa shape index (κ3) is 3.31. The van der Waals surface area contributed by atoms with Crippen molar-refractivity contribution in [1.82, 2.24) is 0 Å². The van der Waals surface area contributed by atoms with Gasteiger partial charge in [-0.2, -0.15) is 0 Å². The van der Waals surface area contributed by atoms with Gasteiger partial charge in [-0.3, -0.25) is 4.31 Å². The Balaban J connectivity index is 1.58. The second-order valence-electron chi connectivity index (χ2n) is 6.92. The van der Waals surface area contributed by atoms with E-state index in [1.807, 2.05) is 43.3 Å². The van der Waals surface area contributed by atoms with E-state index in [4.69, 9.17) is 4.74 Å². The van der Waals surface area contributed by atoms with E-state index in [2.05, 4.69) is 11.0 Å². The molecule has 1 fully saturated rings. The highest BCUT2D eigenvalue weighted by molar-refractivity contribution is 7.92. The fourth-order valence-corrected chi connectivity index (χ4v) is 5.43. The van der Waals surface area contributed by atoms with Crippen LogP contribution in [0, 0.1) is 6.92 Å². The van der Waals surface area contributed by atoms with E-state index in [9.17, 15) is 8.42 Å². The van der Waals surface area contributed by atoms with Crippen LogP contribution in [0.2, 0.25) is 0 Å². The second-order valence-corrected chi connectivity index (χ2v) is 8.81. The van der Waals surface area contributed by atoms with Gasteiger partial charge in [0.2, 0.25) is 10.0 Å². The van der Waals surface area contributed by atoms with Crippen LogP contribution in [0.15, 0.2) is 42.5 Å². The van der Waals surface area contributed by atoms with E-state index in [-0.39, 0.29) is 5.75 Å². The Kier molecular flexibility index (Phi) is 4.63. The van der Waals surface area contributed by atoms with Crippen molar-refractivity contribution in [1.29, 1.82) is 0 Å². The molecule has 2 heterocycles. The fraction of sp³-hybridized carbons (Fsp3) is 0.400. The van der Waals surface area contributed by atoms with Crippen molar-refractivity contribution in [2.75, 3.05) is 42.1 Å². The van der Waals surface area contributed by atoms with Crippen molar-refractivity contribution in [3.8, 4) is 0 Å². The topological polar surface area (TPSA) is 49.9 Å². The van der Waals surface area contributed by atoms with E-state index in [0.717, 1.165) is 60.8 Å². The van der Waals surface area contributed by atoms with Gasteiger partial charge < -0.3 is 9.64 Å². The number of hydrogen-bond acceptors (Lipinski definition) is 4. The van der Waals surface area contributed by atoms with Crippen LogP contribution in [0.3, 0.4) is 0 Å². The highest BCUT2D eigenvalue weighted by Crippen LogP contribution is 2.34. The van der Waals surface area contributed by atoms with Gasteiger partial charge in [-0.1, -0.05) is 24.3 Å². The number of nitrogens with zero attached hydrogens (tertiary/aromatic N) is 2. The zero-order valence-corrected chi connectivity index (χ0v) is 15.8. The van der Waals surface area contributed by atoms with Crippen molar-refractivity contribution in [3.05, 3.63) is 59.2 Å². The molecule has 0 spiro atoms. The molecule has 0 amide bonds. The molecule has 0 atom stereocenters. The molecule has 5 nitrogen and oxygen atoms in total. The molecule has 0 aromatic heterocycles. The Bertz CT molecular complexity index is 905. The highest BCUT2D eigenvalue weighted by Gasteiger charge is 2.30. The summed E-state index contributed by atoms with van der Waals surface area (Å²) in [4.78, 5) is 2.30. The van der Waals surface area contributed by atoms with Crippen LogP contribution in [0.1, 0.15) is 16.7 Å². The summed E-state index contributed by atoms with van der Waals surface area (Å²) in [7, 11) is -3.39. The van der Waals surface area contributed by atoms with E-state index >= 15 is 0 Å². The van der Waals surface area contributed by atoms with Crippen LogP contribution in [-0.4, -0.2) is 41.3 Å². The maximum atomic E-state index is 13.0. The first-order valence-electron chi connectivity index (χ1n) is 9.05. The number of sulfonamides is 1. The molecule has 0 aliphatic carbocycles. The van der Waals surface area contributed by atoms with Gasteiger partial charge in [0.25, 0.3) is 0 Å². The van der Waals surface area contributed by atoms with Crippen molar-refractivity contribution in [2.45, 2.75) is 19.1 Å². The Morgan fingerprint density at radius 3 is 2.58 bits per heavy atom. The third-order valence-electron chi connectivity index (χ3n) is 5.23. The van der Waals surface area contributed by atoms with Gasteiger partial charge in [0, 0.05) is 25.3 Å². The second kappa shape index (κ2) is 6.93. The molecular formula is C20H24N2O3S. The first-order chi connectivity index (χ1) is 12.5. The smallest absolute Gasteiger partial charge is 0.239 e. The summed E-state index contributed by atoms with van der Waals surface area (Å²) in [5, 5.41) is 0. The summed E-state index contributed by atoms with van der Waals surface area (Å²) in [6.45, 7) is 5.73. The Labute approximate surface area is 155 Å². The number of fused-ring (bicyclic) bond motifs is 1. The lowest BCUT2D eigenvalue weighted by Gasteiger charge is -2.29. The van der Waals surface area contributed by atoms with Crippen LogP contribution in [0.4, 0.5) is 11.4 Å². The Morgan fingerprint density at radius 1 is 1.04 bits per heavy atom. The summed E-state index contributed by atoms with van der Waals surface area (Å²) in [5.74, 6) is 0.0460. The molecule has 4 rings (SSSR count). The molecule has 2 aromatic rings. The third-order valence-corrected chi connectivity index (χ3v) is 6.95. The maximum Gasteiger partial charge on any atom is 0.239 e. The van der Waals surface area contributed by atoms with E-state index in [1.54, 1.807) is 4.31 Å². The standard InChI is InChI=1S/C20H24N2O3S/c1-16-4-2-3-5-18(16)15-26(23,24)22-9-8-17-14-19(6-7-20(17)22)21-10-12-25-13-11-21/h2-7,14H,8-13,15H2,1H3. The van der Waals surface area contributed by atoms with Crippen molar-refractivity contribution < 1.29 is 13.2 Å². The normalized spacial score (nSPS) is 17.4. The summed E-state index contributed by atoms with van der Waals surface area (Å²) in [6.07, 6.45) is 0.764. The maximum absolute atomic E-state index is 13.0. The highest BCUT2D eigenvalue weighted by atomic mass is 32.2. The molecule has 26 heavy (non-hydrogen) atoms. The SMILES string of the molecule is Cc1ccccc1CS(=O)(=O)N1CCc2cc(N3CCOCC3)ccc21. The molecule has 2 aliphatic rings. The molecule has 138 valence electrons. The molecular weight excluding hydrogens is 348 g/mol. The van der Waals surface area contributed by atoms with Crippen molar-refractivity contribution in [3.63, 3.8) is 0 Å². The lowest BCUT2D eigenvalue weighted by atomic mass is 10.1. The first kappa shape index (κ1) is 17.4. The Hall–Kier alpha value is -2.05. The summed E-state index contributed by atoms with van der Waals surface area (Å²) in [5.41, 5.74) is 4.98. The molecule has 0 unspecified atom stereocenters. The van der Waals surface area contributed by atoms with Gasteiger partial charge in [-0.25, -0.2) is 8.42 Å². The van der Waals surface area contributed by atoms with Gasteiger partial charge in [0.1, 0.15) is 0 Å². The summed E-state index contributed by atoms with van der Waals surface area (Å²) in [6, 6.07) is 13.8. The summed E-state index contributed by atoms with van der Waals surface area (Å²) < 4.78 is 33.0. The molecule has 0 radical (unpaired) electrons. The molecule has 2 aliphatic heterocycles. The minimum atomic E-state index is -3.39. The number of ether oxygens (including phenoxy) is 1. The largest absolute Gasteiger partial charge is 0.378 e. The number of morpholine rings is 1. The molecule has 0 N–H and O–H groups in total. The molecule has 2 aromatic carbocycles. The predicted octanol–water partition coefficient (Wildman–Crippen LogP) is 2.72. The van der Waals surface area contributed by atoms with E-state index in [0.29, 0.717) is 6.54 Å². The predicted molar refractivity (Wildman–Crippen MR) is 104 cm³/mol. The lowest BCUT2D eigenvalue weighted by molar-refractivity contribution is 0.122. The molecule has 0 saturated carbocycles. The molecule has 1 saturated heterocycles. The minimum absolute atomic E-state index is 0.0460. The Morgan fingerprint density at radius 2 is 1.81 bits per heavy atom. The van der Waals surface area contributed by atoms with Gasteiger partial charge in [0.15, 0.2) is 0 Å². The van der Waals surface area contributed by atoms with Crippen LogP contribution in [0.25, 0.3) is 0 Å². The number of rotatable bonds is 4. The average molecular weight is 372 g/mol. The summed E-state index contributed by atoms with van der Waals surface area (Å²) >= 11 is 0. The van der Waals surface area contributed by atoms with Gasteiger partial charge in [0.05, 0.1) is 24.7 Å². The van der Waals surface area contributed by atoms with Crippen LogP contribution >= 0.6 is 0 Å². The van der Waals surface area contributed by atoms with Gasteiger partial charge in [-0.15, -0.1) is 0 Å². The van der Waals surface area contributed by atoms with Crippen LogP contribution < -0.4 is 9.21 Å². The van der Waals surface area contributed by atoms with Crippen molar-refractivity contribution in [2.24, 2.45) is 0 Å². The number of hydrogen-bond donors (Lipinski definition) is 0. The zero-order chi connectivity index (χ0) is 18.1. The average Bonchev–Trinajstić information content (AvgIpc) is 3.08. The quantitative estimate of drug-likeness (QED) is 0.828. The number of anilines is 2. The van der Waals surface area contributed by atoms with Gasteiger partial charge >= 0.3 is 0 Å². The monoisotopic (exact) mass is 372 g/mol. The molecule has 0 bridgehead atoms. The van der Waals surface area contributed by atoms with Crippen molar-refractivity contribution >= 4 is 21.4 Å². The minimum Gasteiger partial charge on any atom is -0.378 e. The van der Waals surface area contributed by atoms with Gasteiger partial charge in [-0.05, 0) is 48.2 Å². The van der Waals surface area contributed by atoms with Crippen LogP contribution in [0.5, 0.6) is 0 Å². The fourth-order valence-electron chi connectivity index (χ4n) is 3.71. The van der Waals surface area contributed by atoms with E-state index in [1.165, 1.54) is 0 Å². The first-order valence-corrected chi connectivity index (χ1v) is 10.7. The van der Waals surface area contributed by atoms with E-state index < -0.39 is 10.0 Å². The lowest BCUT2D eigenvalue weighted by Crippen LogP contribution is -2.36. The number of aryl methyl sites for hydroxylation is 1. The number of benzene rings is 2. The zero-order valence-electron chi connectivity index (χ0n) is 15.0. The van der Waals surface area contributed by atoms with Crippen LogP contribution in [-0.2, 0) is 26.9 Å². The molecule has 6 heteroatoms.